The minimum Gasteiger partial charge on any atom is -0.392 e. The number of benzene rings is 2. The van der Waals surface area contributed by atoms with E-state index in [2.05, 4.69) is 10.6 Å². The van der Waals surface area contributed by atoms with E-state index in [1.54, 1.807) is 12.1 Å². The number of aliphatic hydroxyl groups excluding tert-OH is 1. The van der Waals surface area contributed by atoms with E-state index in [0.717, 1.165) is 22.4 Å². The van der Waals surface area contributed by atoms with Crippen molar-refractivity contribution in [2.45, 2.75) is 25.5 Å². The van der Waals surface area contributed by atoms with Crippen LogP contribution in [0.4, 0.5) is 10.1 Å². The predicted octanol–water partition coefficient (Wildman–Crippen LogP) is 2.01. The van der Waals surface area contributed by atoms with Crippen LogP contribution < -0.4 is 10.6 Å². The van der Waals surface area contributed by atoms with E-state index in [4.69, 9.17) is 0 Å². The molecule has 4 nitrogen and oxygen atoms in total. The van der Waals surface area contributed by atoms with Gasteiger partial charge in [0.05, 0.1) is 12.6 Å². The zero-order chi connectivity index (χ0) is 16.2. The molecule has 0 spiro atoms. The molecule has 23 heavy (non-hydrogen) atoms. The van der Waals surface area contributed by atoms with Gasteiger partial charge in [-0.3, -0.25) is 4.79 Å². The van der Waals surface area contributed by atoms with E-state index in [1.165, 1.54) is 12.1 Å². The van der Waals surface area contributed by atoms with Crippen LogP contribution in [0.25, 0.3) is 0 Å². The van der Waals surface area contributed by atoms with Crippen LogP contribution in [0, 0.1) is 5.82 Å². The average molecular weight is 314 g/mol. The van der Waals surface area contributed by atoms with Crippen LogP contribution >= 0.6 is 0 Å². The Kier molecular flexibility index (Phi) is 4.57. The monoisotopic (exact) mass is 314 g/mol. The van der Waals surface area contributed by atoms with Crippen molar-refractivity contribution in [3.05, 3.63) is 65.0 Å². The Morgan fingerprint density at radius 1 is 1.17 bits per heavy atom. The van der Waals surface area contributed by atoms with Gasteiger partial charge in [-0.05, 0) is 41.3 Å². The molecule has 0 fully saturated rings. The Bertz CT molecular complexity index is 701. The van der Waals surface area contributed by atoms with Crippen molar-refractivity contribution in [1.82, 2.24) is 5.32 Å². The molecule has 5 heteroatoms. The molecule has 0 unspecified atom stereocenters. The molecule has 1 atom stereocenters. The molecular formula is C18H19FN2O2. The van der Waals surface area contributed by atoms with Gasteiger partial charge in [0.15, 0.2) is 0 Å². The summed E-state index contributed by atoms with van der Waals surface area (Å²) < 4.78 is 12.8. The van der Waals surface area contributed by atoms with Crippen LogP contribution in [-0.2, 0) is 24.2 Å². The molecule has 2 aromatic rings. The van der Waals surface area contributed by atoms with Gasteiger partial charge in [-0.15, -0.1) is 0 Å². The topological polar surface area (TPSA) is 61.4 Å². The lowest BCUT2D eigenvalue weighted by atomic mass is 10.1. The molecule has 2 aromatic carbocycles. The van der Waals surface area contributed by atoms with Gasteiger partial charge in [0.25, 0.3) is 0 Å². The van der Waals surface area contributed by atoms with E-state index in [9.17, 15) is 14.3 Å². The highest BCUT2D eigenvalue weighted by Crippen LogP contribution is 2.28. The van der Waals surface area contributed by atoms with Gasteiger partial charge in [-0.1, -0.05) is 24.3 Å². The van der Waals surface area contributed by atoms with Crippen LogP contribution in [-0.4, -0.2) is 23.7 Å². The number of nitrogens with one attached hydrogen (secondary N) is 2. The minimum absolute atomic E-state index is 0.134. The third-order valence-electron chi connectivity index (χ3n) is 4.01. The fourth-order valence-electron chi connectivity index (χ4n) is 2.84. The summed E-state index contributed by atoms with van der Waals surface area (Å²) in [6.45, 7) is 0.528. The molecule has 0 saturated carbocycles. The van der Waals surface area contributed by atoms with Crippen LogP contribution in [0.15, 0.2) is 42.5 Å². The summed E-state index contributed by atoms with van der Waals surface area (Å²) in [6.07, 6.45) is 0.956. The van der Waals surface area contributed by atoms with Crippen LogP contribution in [0.2, 0.25) is 0 Å². The lowest BCUT2D eigenvalue weighted by molar-refractivity contribution is -0.119. The number of aliphatic hydroxyl groups is 1. The lowest BCUT2D eigenvalue weighted by Gasteiger charge is -2.11. The summed E-state index contributed by atoms with van der Waals surface area (Å²) in [7, 11) is 0. The third kappa shape index (κ3) is 3.87. The standard InChI is InChI=1S/C18H19FN2O2/c19-14-6-4-12(5-7-14)10-21-18(23)11-20-17-3-1-2-13-8-15(22)9-16(13)17/h1-7,15,20,22H,8-11H2,(H,21,23)/t15-/m1/s1. The van der Waals surface area contributed by atoms with Crippen molar-refractivity contribution in [3.8, 4) is 0 Å². The fraction of sp³-hybridized carbons (Fsp3) is 0.278. The molecule has 3 N–H and O–H groups in total. The number of hydrogen-bond acceptors (Lipinski definition) is 3. The van der Waals surface area contributed by atoms with E-state index in [1.807, 2.05) is 18.2 Å². The molecule has 1 amide bonds. The van der Waals surface area contributed by atoms with Gasteiger partial charge in [-0.25, -0.2) is 4.39 Å². The molecule has 1 aliphatic carbocycles. The summed E-state index contributed by atoms with van der Waals surface area (Å²) in [5, 5.41) is 15.7. The van der Waals surface area contributed by atoms with Crippen molar-refractivity contribution in [1.29, 1.82) is 0 Å². The molecule has 1 aliphatic rings. The van der Waals surface area contributed by atoms with Crippen molar-refractivity contribution in [3.63, 3.8) is 0 Å². The number of rotatable bonds is 5. The quantitative estimate of drug-likeness (QED) is 0.791. The van der Waals surface area contributed by atoms with Crippen molar-refractivity contribution in [2.24, 2.45) is 0 Å². The molecule has 120 valence electrons. The highest BCUT2D eigenvalue weighted by atomic mass is 19.1. The summed E-state index contributed by atoms with van der Waals surface area (Å²) >= 11 is 0. The summed E-state index contributed by atoms with van der Waals surface area (Å²) in [6, 6.07) is 11.9. The molecule has 0 aliphatic heterocycles. The maximum Gasteiger partial charge on any atom is 0.239 e. The molecule has 0 heterocycles. The number of anilines is 1. The van der Waals surface area contributed by atoms with Gasteiger partial charge < -0.3 is 15.7 Å². The van der Waals surface area contributed by atoms with Crippen molar-refractivity contribution < 1.29 is 14.3 Å². The largest absolute Gasteiger partial charge is 0.392 e. The first-order chi connectivity index (χ1) is 11.1. The Hall–Kier alpha value is -2.40. The number of amides is 1. The highest BCUT2D eigenvalue weighted by molar-refractivity contribution is 5.81. The SMILES string of the molecule is O=C(CNc1cccc2c1C[C@H](O)C2)NCc1ccc(F)cc1. The third-order valence-corrected chi connectivity index (χ3v) is 4.01. The first-order valence-corrected chi connectivity index (χ1v) is 7.65. The second-order valence-electron chi connectivity index (χ2n) is 5.76. The molecule has 0 bridgehead atoms. The Morgan fingerprint density at radius 3 is 2.74 bits per heavy atom. The molecule has 0 aromatic heterocycles. The van der Waals surface area contributed by atoms with E-state index >= 15 is 0 Å². The van der Waals surface area contributed by atoms with Crippen LogP contribution in [0.1, 0.15) is 16.7 Å². The maximum atomic E-state index is 12.8. The number of hydrogen-bond donors (Lipinski definition) is 3. The first kappa shape index (κ1) is 15.5. The lowest BCUT2D eigenvalue weighted by Crippen LogP contribution is -2.29. The van der Waals surface area contributed by atoms with Gasteiger partial charge in [0, 0.05) is 18.7 Å². The van der Waals surface area contributed by atoms with Crippen molar-refractivity contribution >= 4 is 11.6 Å². The fourth-order valence-corrected chi connectivity index (χ4v) is 2.84. The van der Waals surface area contributed by atoms with E-state index < -0.39 is 0 Å². The van der Waals surface area contributed by atoms with E-state index in [-0.39, 0.29) is 24.4 Å². The van der Waals surface area contributed by atoms with Crippen LogP contribution in [0.5, 0.6) is 0 Å². The molecule has 3 rings (SSSR count). The van der Waals surface area contributed by atoms with Gasteiger partial charge in [0.1, 0.15) is 5.82 Å². The average Bonchev–Trinajstić information content (AvgIpc) is 2.93. The Balaban J connectivity index is 1.52. The molecule has 0 radical (unpaired) electrons. The highest BCUT2D eigenvalue weighted by Gasteiger charge is 2.21. The Labute approximate surface area is 134 Å². The maximum absolute atomic E-state index is 12.8. The zero-order valence-electron chi connectivity index (χ0n) is 12.7. The predicted molar refractivity (Wildman–Crippen MR) is 86.6 cm³/mol. The summed E-state index contributed by atoms with van der Waals surface area (Å²) in [5.41, 5.74) is 3.97. The zero-order valence-corrected chi connectivity index (χ0v) is 12.7. The summed E-state index contributed by atoms with van der Waals surface area (Å²) in [4.78, 5) is 11.9. The second-order valence-corrected chi connectivity index (χ2v) is 5.76. The second kappa shape index (κ2) is 6.79. The molecule has 0 saturated heterocycles. The van der Waals surface area contributed by atoms with Gasteiger partial charge >= 0.3 is 0 Å². The number of halogens is 1. The number of carbonyl (C=O) groups excluding carboxylic acids is 1. The minimum atomic E-state index is -0.333. The van der Waals surface area contributed by atoms with Gasteiger partial charge in [-0.2, -0.15) is 0 Å². The number of carbonyl (C=O) groups is 1. The number of fused-ring (bicyclic) bond motifs is 1. The molecular weight excluding hydrogens is 295 g/mol. The summed E-state index contributed by atoms with van der Waals surface area (Å²) in [5.74, 6) is -0.424. The smallest absolute Gasteiger partial charge is 0.239 e. The Morgan fingerprint density at radius 2 is 1.96 bits per heavy atom. The normalized spacial score (nSPS) is 16.0. The van der Waals surface area contributed by atoms with Gasteiger partial charge in [0.2, 0.25) is 5.91 Å². The van der Waals surface area contributed by atoms with E-state index in [0.29, 0.717) is 19.4 Å². The van der Waals surface area contributed by atoms with Crippen LogP contribution in [0.3, 0.4) is 0 Å². The first-order valence-electron chi connectivity index (χ1n) is 7.65. The van der Waals surface area contributed by atoms with Crippen molar-refractivity contribution in [2.75, 3.05) is 11.9 Å².